The van der Waals surface area contributed by atoms with Crippen molar-refractivity contribution in [3.8, 4) is 0 Å². The van der Waals surface area contributed by atoms with Crippen LogP contribution in [0.3, 0.4) is 0 Å². The highest BCUT2D eigenvalue weighted by Crippen LogP contribution is 2.32. The monoisotopic (exact) mass is 231 g/mol. The molecule has 0 aromatic rings. The lowest BCUT2D eigenvalue weighted by atomic mass is 9.93. The van der Waals surface area contributed by atoms with E-state index in [0.717, 1.165) is 0 Å². The van der Waals surface area contributed by atoms with Gasteiger partial charge in [-0.1, -0.05) is 0 Å². The maximum atomic E-state index is 10.4. The van der Waals surface area contributed by atoms with Crippen LogP contribution in [0.2, 0.25) is 0 Å². The van der Waals surface area contributed by atoms with Crippen molar-refractivity contribution >= 4 is 0 Å². The molecule has 16 heavy (non-hydrogen) atoms. The quantitative estimate of drug-likeness (QED) is 0.681. The minimum atomic E-state index is -0.715. The number of hydrogen-bond acceptors (Lipinski definition) is 5. The Kier molecular flexibility index (Phi) is 3.25. The Hall–Kier alpha value is -0.200. The predicted octanol–water partition coefficient (Wildman–Crippen LogP) is -0.169. The Morgan fingerprint density at radius 3 is 2.44 bits per heavy atom. The number of hydrogen-bond donors (Lipinski definition) is 1. The van der Waals surface area contributed by atoms with Crippen molar-refractivity contribution < 1.29 is 19.3 Å². The number of aliphatic hydroxyl groups is 1. The van der Waals surface area contributed by atoms with Gasteiger partial charge in [-0.3, -0.25) is 4.90 Å². The summed E-state index contributed by atoms with van der Waals surface area (Å²) in [5.74, 6) is -0.473. The number of methoxy groups -OCH3 is 2. The highest BCUT2D eigenvalue weighted by molar-refractivity contribution is 4.98. The summed E-state index contributed by atoms with van der Waals surface area (Å²) in [4.78, 5) is 2.14. The summed E-state index contributed by atoms with van der Waals surface area (Å²) >= 11 is 0. The van der Waals surface area contributed by atoms with Gasteiger partial charge in [0.05, 0.1) is 19.2 Å². The van der Waals surface area contributed by atoms with Crippen molar-refractivity contribution in [2.45, 2.75) is 30.8 Å². The third-order valence-corrected chi connectivity index (χ3v) is 3.83. The van der Waals surface area contributed by atoms with Crippen molar-refractivity contribution in [1.29, 1.82) is 0 Å². The molecule has 2 saturated heterocycles. The summed E-state index contributed by atoms with van der Waals surface area (Å²) in [5, 5.41) is 10.4. The average molecular weight is 231 g/mol. The van der Waals surface area contributed by atoms with Crippen LogP contribution in [-0.2, 0) is 14.2 Å². The van der Waals surface area contributed by atoms with Gasteiger partial charge in [0, 0.05) is 33.8 Å². The van der Waals surface area contributed by atoms with Crippen molar-refractivity contribution in [3.05, 3.63) is 0 Å². The summed E-state index contributed by atoms with van der Waals surface area (Å²) in [6, 6.07) is 0. The molecular formula is C11H21NO4. The maximum Gasteiger partial charge on any atom is 0.193 e. The van der Waals surface area contributed by atoms with Gasteiger partial charge in [-0.15, -0.1) is 0 Å². The van der Waals surface area contributed by atoms with Gasteiger partial charge in [-0.25, -0.2) is 0 Å². The first-order valence-corrected chi connectivity index (χ1v) is 5.70. The lowest BCUT2D eigenvalue weighted by molar-refractivity contribution is -0.281. The number of ether oxygens (including phenoxy) is 3. The van der Waals surface area contributed by atoms with E-state index in [1.165, 1.54) is 0 Å². The van der Waals surface area contributed by atoms with Gasteiger partial charge in [0.25, 0.3) is 0 Å². The van der Waals surface area contributed by atoms with Gasteiger partial charge < -0.3 is 19.3 Å². The molecule has 0 saturated carbocycles. The Labute approximate surface area is 96.3 Å². The van der Waals surface area contributed by atoms with Crippen LogP contribution in [0.1, 0.15) is 13.3 Å². The first-order chi connectivity index (χ1) is 7.53. The summed E-state index contributed by atoms with van der Waals surface area (Å²) in [6.07, 6.45) is 0.616. The fourth-order valence-electron chi connectivity index (χ4n) is 2.45. The van der Waals surface area contributed by atoms with E-state index < -0.39 is 11.4 Å². The number of β-amino-alcohol motifs (C(OH)–C–C–N with tert-alkyl or cyclic N) is 1. The van der Waals surface area contributed by atoms with Gasteiger partial charge in [0.15, 0.2) is 5.79 Å². The predicted molar refractivity (Wildman–Crippen MR) is 58.2 cm³/mol. The minimum Gasteiger partial charge on any atom is -0.386 e. The Balaban J connectivity index is 1.85. The Morgan fingerprint density at radius 2 is 2.00 bits per heavy atom. The number of nitrogens with zero attached hydrogens (tertiary/aromatic N) is 1. The van der Waals surface area contributed by atoms with Gasteiger partial charge in [-0.2, -0.15) is 0 Å². The lowest BCUT2D eigenvalue weighted by Gasteiger charge is -2.49. The Morgan fingerprint density at radius 1 is 1.38 bits per heavy atom. The normalized spacial score (nSPS) is 38.6. The second-order valence-electron chi connectivity index (χ2n) is 4.83. The van der Waals surface area contributed by atoms with Crippen molar-refractivity contribution in [3.63, 3.8) is 0 Å². The molecule has 1 N–H and O–H groups in total. The van der Waals surface area contributed by atoms with Crippen LogP contribution < -0.4 is 0 Å². The first-order valence-electron chi connectivity index (χ1n) is 5.70. The van der Waals surface area contributed by atoms with Crippen molar-refractivity contribution in [2.75, 3.05) is 40.5 Å². The molecule has 2 fully saturated rings. The molecule has 0 bridgehead atoms. The smallest absolute Gasteiger partial charge is 0.193 e. The van der Waals surface area contributed by atoms with Gasteiger partial charge >= 0.3 is 0 Å². The van der Waals surface area contributed by atoms with Gasteiger partial charge in [0.1, 0.15) is 5.60 Å². The van der Waals surface area contributed by atoms with Gasteiger partial charge in [0.2, 0.25) is 0 Å². The summed E-state index contributed by atoms with van der Waals surface area (Å²) in [7, 11) is 3.30. The second-order valence-corrected chi connectivity index (χ2v) is 4.83. The highest BCUT2D eigenvalue weighted by atomic mass is 16.7. The maximum absolute atomic E-state index is 10.4. The molecule has 2 aliphatic rings. The Bertz CT molecular complexity index is 248. The summed E-state index contributed by atoms with van der Waals surface area (Å²) in [5.41, 5.74) is -0.715. The van der Waals surface area contributed by atoms with E-state index in [1.54, 1.807) is 14.2 Å². The SMILES string of the molecule is COC1(OC)CN(CC2(O)CCOC2C)C1. The zero-order valence-corrected chi connectivity index (χ0v) is 10.2. The third-order valence-electron chi connectivity index (χ3n) is 3.83. The molecular weight excluding hydrogens is 210 g/mol. The van der Waals surface area contributed by atoms with E-state index in [0.29, 0.717) is 32.7 Å². The van der Waals surface area contributed by atoms with E-state index in [9.17, 15) is 5.11 Å². The molecule has 0 aromatic heterocycles. The van der Waals surface area contributed by atoms with E-state index in [2.05, 4.69) is 4.90 Å². The molecule has 0 aromatic carbocycles. The molecule has 2 unspecified atom stereocenters. The summed E-state index contributed by atoms with van der Waals surface area (Å²) < 4.78 is 16.0. The van der Waals surface area contributed by atoms with E-state index in [-0.39, 0.29) is 6.10 Å². The molecule has 2 heterocycles. The molecule has 5 heteroatoms. The minimum absolute atomic E-state index is 0.0902. The van der Waals surface area contributed by atoms with Crippen LogP contribution in [0.5, 0.6) is 0 Å². The molecule has 94 valence electrons. The fourth-order valence-corrected chi connectivity index (χ4v) is 2.45. The molecule has 2 rings (SSSR count). The van der Waals surface area contributed by atoms with E-state index in [4.69, 9.17) is 14.2 Å². The van der Waals surface area contributed by atoms with E-state index in [1.807, 2.05) is 6.92 Å². The van der Waals surface area contributed by atoms with Gasteiger partial charge in [-0.05, 0) is 6.92 Å². The highest BCUT2D eigenvalue weighted by Gasteiger charge is 2.49. The first kappa shape index (κ1) is 12.3. The molecule has 2 aliphatic heterocycles. The molecule has 0 amide bonds. The second kappa shape index (κ2) is 4.23. The molecule has 0 aliphatic carbocycles. The van der Waals surface area contributed by atoms with Crippen LogP contribution in [0.15, 0.2) is 0 Å². The standard InChI is InChI=1S/C11H21NO4/c1-9-10(13,4-5-16-9)6-12-7-11(8-12,14-2)15-3/h9,13H,4-8H2,1-3H3. The third kappa shape index (κ3) is 1.98. The zero-order chi connectivity index (χ0) is 11.8. The fraction of sp³-hybridized carbons (Fsp3) is 1.00. The molecule has 2 atom stereocenters. The molecule has 5 nitrogen and oxygen atoms in total. The molecule has 0 radical (unpaired) electrons. The zero-order valence-electron chi connectivity index (χ0n) is 10.2. The topological polar surface area (TPSA) is 51.2 Å². The van der Waals surface area contributed by atoms with E-state index >= 15 is 0 Å². The lowest BCUT2D eigenvalue weighted by Crippen LogP contribution is -2.67. The molecule has 0 spiro atoms. The van der Waals surface area contributed by atoms with Crippen LogP contribution in [0.4, 0.5) is 0 Å². The van der Waals surface area contributed by atoms with Crippen LogP contribution >= 0.6 is 0 Å². The largest absolute Gasteiger partial charge is 0.386 e. The van der Waals surface area contributed by atoms with Crippen LogP contribution in [-0.4, -0.2) is 68.0 Å². The summed E-state index contributed by atoms with van der Waals surface area (Å²) in [6.45, 7) is 4.60. The van der Waals surface area contributed by atoms with Crippen LogP contribution in [0.25, 0.3) is 0 Å². The average Bonchev–Trinajstić information content (AvgIpc) is 2.53. The number of rotatable bonds is 4. The van der Waals surface area contributed by atoms with Crippen molar-refractivity contribution in [2.24, 2.45) is 0 Å². The van der Waals surface area contributed by atoms with Crippen molar-refractivity contribution in [1.82, 2.24) is 4.90 Å². The number of likely N-dealkylation sites (tertiary alicyclic amines) is 1. The van der Waals surface area contributed by atoms with Crippen LogP contribution in [0, 0.1) is 0 Å².